The molecule has 11 nitrogen and oxygen atoms in total. The second kappa shape index (κ2) is 8.15. The van der Waals surface area contributed by atoms with E-state index in [1.807, 2.05) is 24.3 Å². The van der Waals surface area contributed by atoms with Gasteiger partial charge in [-0.25, -0.2) is 37.8 Å². The fraction of sp³-hybridized carbons (Fsp3) is 0.308. The minimum atomic E-state index is -3.69. The summed E-state index contributed by atoms with van der Waals surface area (Å²) in [5.74, 6) is 1.43. The number of methoxy groups -OCH3 is 1. The molecule has 1 N–H and O–H groups in total. The number of hydrogen-bond acceptors (Lipinski definition) is 9. The van der Waals surface area contributed by atoms with E-state index in [0.29, 0.717) is 53.1 Å². The summed E-state index contributed by atoms with van der Waals surface area (Å²) < 4.78 is 33.5. The summed E-state index contributed by atoms with van der Waals surface area (Å²) in [7, 11) is -2.15. The van der Waals surface area contributed by atoms with Crippen LogP contribution in [0.4, 0.5) is 5.82 Å². The van der Waals surface area contributed by atoms with Crippen LogP contribution >= 0.6 is 0 Å². The van der Waals surface area contributed by atoms with Gasteiger partial charge in [-0.2, -0.15) is 5.10 Å². The van der Waals surface area contributed by atoms with E-state index in [2.05, 4.69) is 25.1 Å². The second-order valence-corrected chi connectivity index (χ2v) is 12.0. The number of anilines is 1. The Labute approximate surface area is 218 Å². The summed E-state index contributed by atoms with van der Waals surface area (Å²) in [6.45, 7) is 0.130. The number of aromatic nitrogens is 6. The highest BCUT2D eigenvalue weighted by molar-refractivity contribution is 7.94. The van der Waals surface area contributed by atoms with E-state index < -0.39 is 14.8 Å². The number of hydrogen-bond donors (Lipinski definition) is 1. The molecule has 4 heterocycles. The Hall–Kier alpha value is -4.19. The Morgan fingerprint density at radius 2 is 1.87 bits per heavy atom. The summed E-state index contributed by atoms with van der Waals surface area (Å²) in [5, 5.41) is 6.48. The average molecular weight is 530 g/mol. The molecule has 1 aliphatic heterocycles. The lowest BCUT2D eigenvalue weighted by molar-refractivity contribution is 0.397. The van der Waals surface area contributed by atoms with Crippen molar-refractivity contribution in [3.63, 3.8) is 0 Å². The molecule has 0 saturated heterocycles. The number of ether oxygens (including phenoxy) is 1. The minimum absolute atomic E-state index is 0.130. The zero-order valence-corrected chi connectivity index (χ0v) is 21.3. The van der Waals surface area contributed by atoms with Gasteiger partial charge in [-0.1, -0.05) is 24.3 Å². The van der Waals surface area contributed by atoms with Gasteiger partial charge in [-0.15, -0.1) is 0 Å². The van der Waals surface area contributed by atoms with Gasteiger partial charge in [-0.3, -0.25) is 4.79 Å². The van der Waals surface area contributed by atoms with Crippen LogP contribution in [0.15, 0.2) is 53.7 Å². The topological polar surface area (TPSA) is 144 Å². The predicted octanol–water partition coefficient (Wildman–Crippen LogP) is 2.91. The molecule has 192 valence electrons. The van der Waals surface area contributed by atoms with E-state index in [-0.39, 0.29) is 12.1 Å². The molecule has 1 aromatic carbocycles. The quantitative estimate of drug-likeness (QED) is 0.399. The molecule has 0 amide bonds. The van der Waals surface area contributed by atoms with Crippen LogP contribution in [0.1, 0.15) is 48.4 Å². The van der Waals surface area contributed by atoms with E-state index in [9.17, 15) is 13.2 Å². The molecule has 2 saturated carbocycles. The first-order chi connectivity index (χ1) is 18.4. The number of rotatable bonds is 6. The monoisotopic (exact) mass is 529 g/mol. The van der Waals surface area contributed by atoms with Crippen LogP contribution in [0.2, 0.25) is 0 Å². The first-order valence-electron chi connectivity index (χ1n) is 12.4. The number of benzene rings is 1. The van der Waals surface area contributed by atoms with Gasteiger partial charge in [0.1, 0.15) is 16.6 Å². The maximum absolute atomic E-state index is 13.8. The molecule has 38 heavy (non-hydrogen) atoms. The van der Waals surface area contributed by atoms with Crippen molar-refractivity contribution in [3.05, 3.63) is 76.1 Å². The van der Waals surface area contributed by atoms with E-state index in [0.717, 1.165) is 29.7 Å². The van der Waals surface area contributed by atoms with Crippen LogP contribution in [-0.4, -0.2) is 45.7 Å². The first kappa shape index (κ1) is 23.0. The normalized spacial score (nSPS) is 18.4. The van der Waals surface area contributed by atoms with Crippen molar-refractivity contribution in [2.75, 3.05) is 11.4 Å². The van der Waals surface area contributed by atoms with E-state index in [1.54, 1.807) is 12.3 Å². The van der Waals surface area contributed by atoms with Crippen LogP contribution in [0.25, 0.3) is 22.6 Å². The lowest BCUT2D eigenvalue weighted by Gasteiger charge is -2.19. The highest BCUT2D eigenvalue weighted by Crippen LogP contribution is 2.61. The summed E-state index contributed by atoms with van der Waals surface area (Å²) in [6, 6.07) is 10.5. The molecule has 7 rings (SSSR count). The number of nitrogens with zero attached hydrogens (tertiary/aromatic N) is 6. The van der Waals surface area contributed by atoms with Crippen molar-refractivity contribution in [1.82, 2.24) is 30.1 Å². The zero-order valence-electron chi connectivity index (χ0n) is 20.5. The molecule has 0 bridgehead atoms. The third kappa shape index (κ3) is 3.43. The highest BCUT2D eigenvalue weighted by Gasteiger charge is 2.65. The number of aromatic amines is 1. The third-order valence-electron chi connectivity index (χ3n) is 7.46. The van der Waals surface area contributed by atoms with Gasteiger partial charge < -0.3 is 4.74 Å². The molecular weight excluding hydrogens is 506 g/mol. The van der Waals surface area contributed by atoms with Crippen molar-refractivity contribution in [1.29, 1.82) is 0 Å². The van der Waals surface area contributed by atoms with E-state index >= 15 is 0 Å². The van der Waals surface area contributed by atoms with Crippen molar-refractivity contribution < 1.29 is 13.2 Å². The maximum Gasteiger partial charge on any atom is 0.264 e. The Morgan fingerprint density at radius 3 is 2.53 bits per heavy atom. The Kier molecular flexibility index (Phi) is 4.93. The van der Waals surface area contributed by atoms with Gasteiger partial charge in [0.15, 0.2) is 11.6 Å². The van der Waals surface area contributed by atoms with Crippen LogP contribution in [0.5, 0.6) is 5.88 Å². The van der Waals surface area contributed by atoms with Crippen molar-refractivity contribution in [2.45, 2.75) is 42.9 Å². The molecule has 0 radical (unpaired) electrons. The molecule has 2 aliphatic carbocycles. The van der Waals surface area contributed by atoms with Crippen LogP contribution in [-0.2, 0) is 21.3 Å². The molecular formula is C26H23N7O4S. The smallest absolute Gasteiger partial charge is 0.264 e. The fourth-order valence-electron chi connectivity index (χ4n) is 5.13. The van der Waals surface area contributed by atoms with Gasteiger partial charge in [0.25, 0.3) is 5.56 Å². The molecule has 0 unspecified atom stereocenters. The van der Waals surface area contributed by atoms with Crippen molar-refractivity contribution in [2.24, 2.45) is 0 Å². The number of sulfonamides is 1. The summed E-state index contributed by atoms with van der Waals surface area (Å²) in [5.41, 5.74) is 4.03. The Bertz CT molecular complexity index is 1730. The highest BCUT2D eigenvalue weighted by atomic mass is 32.2. The number of nitrogens with one attached hydrogen (secondary N) is 1. The molecule has 1 spiro atoms. The maximum atomic E-state index is 13.8. The lowest BCUT2D eigenvalue weighted by atomic mass is 10.1. The van der Waals surface area contributed by atoms with Gasteiger partial charge in [0.2, 0.25) is 15.9 Å². The fourth-order valence-corrected chi connectivity index (χ4v) is 7.28. The summed E-state index contributed by atoms with van der Waals surface area (Å²) >= 11 is 0. The average Bonchev–Trinajstić information content (AvgIpc) is 3.86. The standard InChI is InChI=1S/C26H23N7O4S/c1-37-25-21(22(17-6-7-17)28-14-29-25)23-27-12-18-24(30-23)33(38(35,36)26(18)10-11-26)13-15-2-4-16(5-3-15)19-8-9-20(34)32-31-19/h2-5,8-9,12,14,17H,6-7,10-11,13H2,1H3,(H,32,34). The zero-order chi connectivity index (χ0) is 26.1. The van der Waals surface area contributed by atoms with Gasteiger partial charge >= 0.3 is 0 Å². The molecule has 2 fully saturated rings. The minimum Gasteiger partial charge on any atom is -0.480 e. The predicted molar refractivity (Wildman–Crippen MR) is 138 cm³/mol. The van der Waals surface area contributed by atoms with Gasteiger partial charge in [0, 0.05) is 29.3 Å². The van der Waals surface area contributed by atoms with Crippen LogP contribution in [0.3, 0.4) is 0 Å². The molecule has 0 atom stereocenters. The summed E-state index contributed by atoms with van der Waals surface area (Å²) in [4.78, 5) is 29.5. The van der Waals surface area contributed by atoms with E-state index in [4.69, 9.17) is 9.72 Å². The Morgan fingerprint density at radius 1 is 1.08 bits per heavy atom. The number of H-pyrrole nitrogens is 1. The third-order valence-corrected chi connectivity index (χ3v) is 9.96. The molecule has 3 aromatic heterocycles. The van der Waals surface area contributed by atoms with Crippen LogP contribution < -0.4 is 14.6 Å². The summed E-state index contributed by atoms with van der Waals surface area (Å²) in [6.07, 6.45) is 6.26. The van der Waals surface area contributed by atoms with Gasteiger partial charge in [0.05, 0.1) is 25.0 Å². The van der Waals surface area contributed by atoms with Crippen molar-refractivity contribution >= 4 is 15.8 Å². The van der Waals surface area contributed by atoms with Crippen LogP contribution in [0, 0.1) is 0 Å². The molecule has 3 aliphatic rings. The SMILES string of the molecule is COc1ncnc(C2CC2)c1-c1ncc2c(n1)N(Cc1ccc(-c3ccc(=O)[nH]n3)cc1)S(=O)(=O)C21CC1. The largest absolute Gasteiger partial charge is 0.480 e. The Balaban J connectivity index is 1.28. The number of fused-ring (bicyclic) bond motifs is 2. The van der Waals surface area contributed by atoms with E-state index in [1.165, 1.54) is 23.8 Å². The first-order valence-corrected chi connectivity index (χ1v) is 13.8. The molecule has 12 heteroatoms. The lowest BCUT2D eigenvalue weighted by Crippen LogP contribution is -2.31. The molecule has 4 aromatic rings. The van der Waals surface area contributed by atoms with Crippen molar-refractivity contribution in [3.8, 4) is 28.5 Å². The second-order valence-electron chi connectivity index (χ2n) is 9.86. The van der Waals surface area contributed by atoms with Gasteiger partial charge in [-0.05, 0) is 37.3 Å².